The molecular formula is C17H20FN. The maximum absolute atomic E-state index is 14.0. The Balaban J connectivity index is 2.23. The van der Waals surface area contributed by atoms with Crippen LogP contribution in [0.2, 0.25) is 0 Å². The molecule has 0 aliphatic rings. The first-order valence-electron chi connectivity index (χ1n) is 6.65. The van der Waals surface area contributed by atoms with Gasteiger partial charge in [0.2, 0.25) is 0 Å². The molecule has 0 radical (unpaired) electrons. The van der Waals surface area contributed by atoms with E-state index in [9.17, 15) is 4.39 Å². The molecule has 0 amide bonds. The molecule has 0 atom stereocenters. The van der Waals surface area contributed by atoms with E-state index >= 15 is 0 Å². The molecule has 19 heavy (non-hydrogen) atoms. The standard InChI is InChI=1S/C17H20FN/c1-12(2)19-11-16-8-7-15(10-17(16)18)14-6-4-5-13(3)9-14/h4-10,12,19H,11H2,1-3H3. The van der Waals surface area contributed by atoms with Crippen molar-refractivity contribution in [3.8, 4) is 11.1 Å². The number of benzene rings is 2. The van der Waals surface area contributed by atoms with Crippen LogP contribution in [0.4, 0.5) is 4.39 Å². The van der Waals surface area contributed by atoms with E-state index in [0.29, 0.717) is 18.2 Å². The Morgan fingerprint density at radius 1 is 1.05 bits per heavy atom. The average Bonchev–Trinajstić information content (AvgIpc) is 2.37. The second-order valence-corrected chi connectivity index (χ2v) is 5.21. The molecule has 0 fully saturated rings. The molecule has 2 aromatic rings. The topological polar surface area (TPSA) is 12.0 Å². The van der Waals surface area contributed by atoms with E-state index in [-0.39, 0.29) is 5.82 Å². The minimum absolute atomic E-state index is 0.146. The van der Waals surface area contributed by atoms with Crippen molar-refractivity contribution in [3.05, 3.63) is 59.4 Å². The van der Waals surface area contributed by atoms with E-state index in [4.69, 9.17) is 0 Å². The highest BCUT2D eigenvalue weighted by atomic mass is 19.1. The predicted octanol–water partition coefficient (Wildman–Crippen LogP) is 4.30. The molecule has 0 unspecified atom stereocenters. The fraction of sp³-hybridized carbons (Fsp3) is 0.294. The molecule has 0 aromatic heterocycles. The summed E-state index contributed by atoms with van der Waals surface area (Å²) in [5.74, 6) is -0.146. The average molecular weight is 257 g/mol. The summed E-state index contributed by atoms with van der Waals surface area (Å²) in [6.45, 7) is 6.72. The van der Waals surface area contributed by atoms with E-state index in [0.717, 1.165) is 11.1 Å². The van der Waals surface area contributed by atoms with Gasteiger partial charge in [0.1, 0.15) is 5.82 Å². The number of nitrogens with one attached hydrogen (secondary N) is 1. The van der Waals surface area contributed by atoms with Crippen LogP contribution >= 0.6 is 0 Å². The lowest BCUT2D eigenvalue weighted by Gasteiger charge is -2.10. The van der Waals surface area contributed by atoms with Gasteiger partial charge >= 0.3 is 0 Å². The van der Waals surface area contributed by atoms with Gasteiger partial charge < -0.3 is 5.32 Å². The lowest BCUT2D eigenvalue weighted by molar-refractivity contribution is 0.553. The van der Waals surface area contributed by atoms with Crippen molar-refractivity contribution < 1.29 is 4.39 Å². The van der Waals surface area contributed by atoms with E-state index < -0.39 is 0 Å². The van der Waals surface area contributed by atoms with Crippen molar-refractivity contribution in [3.63, 3.8) is 0 Å². The van der Waals surface area contributed by atoms with Crippen molar-refractivity contribution in [1.82, 2.24) is 5.32 Å². The smallest absolute Gasteiger partial charge is 0.128 e. The van der Waals surface area contributed by atoms with Crippen molar-refractivity contribution in [2.45, 2.75) is 33.4 Å². The maximum atomic E-state index is 14.0. The molecule has 0 saturated carbocycles. The minimum Gasteiger partial charge on any atom is -0.310 e. The van der Waals surface area contributed by atoms with Crippen LogP contribution in [0.5, 0.6) is 0 Å². The zero-order valence-corrected chi connectivity index (χ0v) is 11.7. The van der Waals surface area contributed by atoms with Crippen LogP contribution in [0.25, 0.3) is 11.1 Å². The van der Waals surface area contributed by atoms with Crippen LogP contribution in [-0.4, -0.2) is 6.04 Å². The summed E-state index contributed by atoms with van der Waals surface area (Å²) in [6, 6.07) is 13.9. The van der Waals surface area contributed by atoms with Gasteiger partial charge in [0, 0.05) is 18.2 Å². The number of aryl methyl sites for hydroxylation is 1. The summed E-state index contributed by atoms with van der Waals surface area (Å²) in [4.78, 5) is 0. The van der Waals surface area contributed by atoms with Crippen LogP contribution in [0, 0.1) is 12.7 Å². The molecule has 0 bridgehead atoms. The Kier molecular flexibility index (Phi) is 4.33. The molecule has 100 valence electrons. The lowest BCUT2D eigenvalue weighted by atomic mass is 10.0. The van der Waals surface area contributed by atoms with Crippen molar-refractivity contribution in [2.24, 2.45) is 0 Å². The van der Waals surface area contributed by atoms with E-state index in [1.165, 1.54) is 5.56 Å². The molecule has 0 heterocycles. The van der Waals surface area contributed by atoms with Crippen LogP contribution in [-0.2, 0) is 6.54 Å². The van der Waals surface area contributed by atoms with E-state index in [1.807, 2.05) is 37.3 Å². The Bertz CT molecular complexity index is 561. The Morgan fingerprint density at radius 3 is 2.42 bits per heavy atom. The third-order valence-corrected chi connectivity index (χ3v) is 3.11. The van der Waals surface area contributed by atoms with Crippen molar-refractivity contribution in [1.29, 1.82) is 0 Å². The van der Waals surface area contributed by atoms with Crippen LogP contribution < -0.4 is 5.32 Å². The van der Waals surface area contributed by atoms with Crippen LogP contribution in [0.15, 0.2) is 42.5 Å². The third-order valence-electron chi connectivity index (χ3n) is 3.11. The third kappa shape index (κ3) is 3.65. The Labute approximate surface area is 114 Å². The number of hydrogen-bond acceptors (Lipinski definition) is 1. The largest absolute Gasteiger partial charge is 0.310 e. The second kappa shape index (κ2) is 5.98. The number of hydrogen-bond donors (Lipinski definition) is 1. The Morgan fingerprint density at radius 2 is 1.79 bits per heavy atom. The molecule has 0 aliphatic heterocycles. The quantitative estimate of drug-likeness (QED) is 0.861. The molecule has 0 spiro atoms. The first-order chi connectivity index (χ1) is 9.06. The van der Waals surface area contributed by atoms with E-state index in [1.54, 1.807) is 6.07 Å². The fourth-order valence-electron chi connectivity index (χ4n) is 2.01. The predicted molar refractivity (Wildman–Crippen MR) is 78.5 cm³/mol. The lowest BCUT2D eigenvalue weighted by Crippen LogP contribution is -2.22. The van der Waals surface area contributed by atoms with Crippen LogP contribution in [0.1, 0.15) is 25.0 Å². The highest BCUT2D eigenvalue weighted by Crippen LogP contribution is 2.22. The first kappa shape index (κ1) is 13.8. The summed E-state index contributed by atoms with van der Waals surface area (Å²) in [6.07, 6.45) is 0. The van der Waals surface area contributed by atoms with Gasteiger partial charge in [-0.15, -0.1) is 0 Å². The van der Waals surface area contributed by atoms with Gasteiger partial charge in [-0.1, -0.05) is 55.8 Å². The highest BCUT2D eigenvalue weighted by molar-refractivity contribution is 5.64. The SMILES string of the molecule is Cc1cccc(-c2ccc(CNC(C)C)c(F)c2)c1. The minimum atomic E-state index is -0.146. The molecule has 0 aliphatic carbocycles. The van der Waals surface area contributed by atoms with Gasteiger partial charge in [0.25, 0.3) is 0 Å². The summed E-state index contributed by atoms with van der Waals surface area (Å²) in [7, 11) is 0. The normalized spacial score (nSPS) is 11.0. The molecule has 2 rings (SSSR count). The molecule has 1 N–H and O–H groups in total. The zero-order chi connectivity index (χ0) is 13.8. The summed E-state index contributed by atoms with van der Waals surface area (Å²) >= 11 is 0. The van der Waals surface area contributed by atoms with Crippen molar-refractivity contribution >= 4 is 0 Å². The highest BCUT2D eigenvalue weighted by Gasteiger charge is 2.06. The first-order valence-corrected chi connectivity index (χ1v) is 6.65. The van der Waals surface area contributed by atoms with Gasteiger partial charge in [-0.25, -0.2) is 4.39 Å². The zero-order valence-electron chi connectivity index (χ0n) is 11.7. The molecule has 2 aromatic carbocycles. The van der Waals surface area contributed by atoms with Crippen LogP contribution in [0.3, 0.4) is 0 Å². The molecule has 1 nitrogen and oxygen atoms in total. The molecular weight excluding hydrogens is 237 g/mol. The number of halogens is 1. The summed E-state index contributed by atoms with van der Waals surface area (Å²) in [5.41, 5.74) is 3.88. The van der Waals surface area contributed by atoms with Gasteiger partial charge in [-0.05, 0) is 24.1 Å². The summed E-state index contributed by atoms with van der Waals surface area (Å²) < 4.78 is 14.0. The monoisotopic (exact) mass is 257 g/mol. The van der Waals surface area contributed by atoms with E-state index in [2.05, 4.69) is 25.2 Å². The molecule has 2 heteroatoms. The fourth-order valence-corrected chi connectivity index (χ4v) is 2.01. The van der Waals surface area contributed by atoms with Gasteiger partial charge in [0.15, 0.2) is 0 Å². The second-order valence-electron chi connectivity index (χ2n) is 5.21. The number of rotatable bonds is 4. The summed E-state index contributed by atoms with van der Waals surface area (Å²) in [5, 5.41) is 3.23. The van der Waals surface area contributed by atoms with Gasteiger partial charge in [-0.3, -0.25) is 0 Å². The van der Waals surface area contributed by atoms with Gasteiger partial charge in [-0.2, -0.15) is 0 Å². The van der Waals surface area contributed by atoms with Crippen molar-refractivity contribution in [2.75, 3.05) is 0 Å². The molecule has 0 saturated heterocycles. The Hall–Kier alpha value is -1.67. The maximum Gasteiger partial charge on any atom is 0.128 e. The van der Waals surface area contributed by atoms with Gasteiger partial charge in [0.05, 0.1) is 0 Å².